The number of nitrogens with zero attached hydrogens (tertiary/aromatic N) is 1. The maximum absolute atomic E-state index is 13.7. The Morgan fingerprint density at radius 1 is 1.04 bits per heavy atom. The number of halogens is 3. The first-order chi connectivity index (χ1) is 12.8. The summed E-state index contributed by atoms with van der Waals surface area (Å²) >= 11 is 6.07. The molecule has 1 saturated heterocycles. The number of hydrogen-bond donors (Lipinski definition) is 1. The third kappa shape index (κ3) is 4.28. The minimum atomic E-state index is -3.84. The van der Waals surface area contributed by atoms with Gasteiger partial charge in [0.15, 0.2) is 0 Å². The van der Waals surface area contributed by atoms with Crippen LogP contribution in [0.2, 0.25) is 5.02 Å². The summed E-state index contributed by atoms with van der Waals surface area (Å²) < 4.78 is 53.7. The standard InChI is InChI=1S/C18H17ClF2N2O3S/c19-14-6-4-12(18(24)22-16-7-5-13(20)11-15(16)21)10-17(14)27(25,26)23-8-2-1-3-9-23/h4-7,10-11H,1-3,8-9H2,(H,22,24). The van der Waals surface area contributed by atoms with Crippen LogP contribution in [0.3, 0.4) is 0 Å². The van der Waals surface area contributed by atoms with E-state index in [1.165, 1.54) is 22.5 Å². The zero-order chi connectivity index (χ0) is 19.6. The number of piperidine rings is 1. The van der Waals surface area contributed by atoms with Gasteiger partial charge < -0.3 is 5.32 Å². The van der Waals surface area contributed by atoms with E-state index in [4.69, 9.17) is 11.6 Å². The van der Waals surface area contributed by atoms with E-state index in [0.29, 0.717) is 19.2 Å². The molecule has 5 nitrogen and oxygen atoms in total. The molecule has 1 N–H and O–H groups in total. The maximum Gasteiger partial charge on any atom is 0.255 e. The molecule has 3 rings (SSSR count). The van der Waals surface area contributed by atoms with Crippen LogP contribution in [0.25, 0.3) is 0 Å². The van der Waals surface area contributed by atoms with Crippen molar-refractivity contribution in [3.8, 4) is 0 Å². The second-order valence-electron chi connectivity index (χ2n) is 6.19. The van der Waals surface area contributed by atoms with Crippen molar-refractivity contribution in [1.82, 2.24) is 4.31 Å². The lowest BCUT2D eigenvalue weighted by Gasteiger charge is -2.26. The van der Waals surface area contributed by atoms with Gasteiger partial charge in [0.2, 0.25) is 10.0 Å². The Hall–Kier alpha value is -2.03. The molecule has 0 aromatic heterocycles. The molecule has 1 fully saturated rings. The summed E-state index contributed by atoms with van der Waals surface area (Å²) in [5.74, 6) is -2.43. The first-order valence-electron chi connectivity index (χ1n) is 8.35. The summed E-state index contributed by atoms with van der Waals surface area (Å²) in [7, 11) is -3.84. The van der Waals surface area contributed by atoms with Crippen molar-refractivity contribution in [2.45, 2.75) is 24.2 Å². The van der Waals surface area contributed by atoms with Gasteiger partial charge in [-0.05, 0) is 43.2 Å². The number of rotatable bonds is 4. The average Bonchev–Trinajstić information content (AvgIpc) is 2.65. The van der Waals surface area contributed by atoms with Gasteiger partial charge >= 0.3 is 0 Å². The zero-order valence-corrected chi connectivity index (χ0v) is 15.8. The molecule has 0 radical (unpaired) electrons. The molecule has 0 saturated carbocycles. The van der Waals surface area contributed by atoms with Crippen molar-refractivity contribution in [2.75, 3.05) is 18.4 Å². The van der Waals surface area contributed by atoms with Crippen LogP contribution in [0.15, 0.2) is 41.3 Å². The van der Waals surface area contributed by atoms with E-state index in [1.54, 1.807) is 0 Å². The Morgan fingerprint density at radius 3 is 2.41 bits per heavy atom. The molecule has 1 amide bonds. The monoisotopic (exact) mass is 414 g/mol. The summed E-state index contributed by atoms with van der Waals surface area (Å²) in [4.78, 5) is 12.2. The number of hydrogen-bond acceptors (Lipinski definition) is 3. The minimum absolute atomic E-state index is 0.00119. The molecule has 0 aliphatic carbocycles. The summed E-state index contributed by atoms with van der Waals surface area (Å²) in [6.45, 7) is 0.797. The van der Waals surface area contributed by atoms with Crippen molar-refractivity contribution in [1.29, 1.82) is 0 Å². The smallest absolute Gasteiger partial charge is 0.255 e. The van der Waals surface area contributed by atoms with E-state index in [-0.39, 0.29) is 21.2 Å². The predicted octanol–water partition coefficient (Wildman–Crippen LogP) is 4.05. The van der Waals surface area contributed by atoms with E-state index in [1.807, 2.05) is 0 Å². The van der Waals surface area contributed by atoms with Gasteiger partial charge in [-0.2, -0.15) is 4.31 Å². The van der Waals surface area contributed by atoms with Crippen LogP contribution >= 0.6 is 11.6 Å². The first kappa shape index (κ1) is 19.7. The van der Waals surface area contributed by atoms with Gasteiger partial charge in [-0.3, -0.25) is 4.79 Å². The molecule has 9 heteroatoms. The molecule has 1 heterocycles. The van der Waals surface area contributed by atoms with Crippen LogP contribution in [0.5, 0.6) is 0 Å². The predicted molar refractivity (Wildman–Crippen MR) is 98.4 cm³/mol. The Labute approximate surface area is 161 Å². The van der Waals surface area contributed by atoms with Crippen LogP contribution in [0.1, 0.15) is 29.6 Å². The van der Waals surface area contributed by atoms with E-state index < -0.39 is 27.6 Å². The average molecular weight is 415 g/mol. The van der Waals surface area contributed by atoms with Gasteiger partial charge in [-0.15, -0.1) is 0 Å². The largest absolute Gasteiger partial charge is 0.319 e. The summed E-state index contributed by atoms with van der Waals surface area (Å²) in [6.07, 6.45) is 2.49. The van der Waals surface area contributed by atoms with Gasteiger partial charge in [0.05, 0.1) is 10.7 Å². The fourth-order valence-corrected chi connectivity index (χ4v) is 4.89. The quantitative estimate of drug-likeness (QED) is 0.820. The molecular formula is C18H17ClF2N2O3S. The van der Waals surface area contributed by atoms with Gasteiger partial charge in [0.1, 0.15) is 16.5 Å². The number of carbonyl (C=O) groups excluding carboxylic acids is 1. The van der Waals surface area contributed by atoms with Crippen LogP contribution in [-0.4, -0.2) is 31.7 Å². The highest BCUT2D eigenvalue weighted by molar-refractivity contribution is 7.89. The van der Waals surface area contributed by atoms with Gasteiger partial charge in [-0.1, -0.05) is 18.0 Å². The third-order valence-corrected chi connectivity index (χ3v) is 6.69. The molecule has 27 heavy (non-hydrogen) atoms. The normalized spacial score (nSPS) is 15.5. The molecule has 2 aromatic carbocycles. The molecule has 0 spiro atoms. The van der Waals surface area contributed by atoms with E-state index in [0.717, 1.165) is 31.4 Å². The van der Waals surface area contributed by atoms with Crippen molar-refractivity contribution in [2.24, 2.45) is 0 Å². The number of carbonyl (C=O) groups is 1. The number of nitrogens with one attached hydrogen (secondary N) is 1. The van der Waals surface area contributed by atoms with E-state index >= 15 is 0 Å². The molecule has 144 valence electrons. The Balaban J connectivity index is 1.89. The lowest BCUT2D eigenvalue weighted by molar-refractivity contribution is 0.102. The Morgan fingerprint density at radius 2 is 1.74 bits per heavy atom. The highest BCUT2D eigenvalue weighted by atomic mass is 35.5. The SMILES string of the molecule is O=C(Nc1ccc(F)cc1F)c1ccc(Cl)c(S(=O)(=O)N2CCCCC2)c1. The Kier molecular flexibility index (Phi) is 5.78. The van der Waals surface area contributed by atoms with Crippen LogP contribution in [0.4, 0.5) is 14.5 Å². The molecule has 1 aliphatic rings. The van der Waals surface area contributed by atoms with Crippen molar-refractivity contribution in [3.63, 3.8) is 0 Å². The van der Waals surface area contributed by atoms with E-state index in [2.05, 4.69) is 5.32 Å². The zero-order valence-electron chi connectivity index (χ0n) is 14.2. The van der Waals surface area contributed by atoms with Gasteiger partial charge in [0.25, 0.3) is 5.91 Å². The lowest BCUT2D eigenvalue weighted by Crippen LogP contribution is -2.35. The first-order valence-corrected chi connectivity index (χ1v) is 10.2. The number of benzene rings is 2. The van der Waals surface area contributed by atoms with E-state index in [9.17, 15) is 22.0 Å². The maximum atomic E-state index is 13.7. The summed E-state index contributed by atoms with van der Waals surface area (Å²) in [5, 5.41) is 2.30. The molecule has 2 aromatic rings. The molecule has 1 aliphatic heterocycles. The van der Waals surface area contributed by atoms with Gasteiger partial charge in [0, 0.05) is 24.7 Å². The minimum Gasteiger partial charge on any atom is -0.319 e. The number of amides is 1. The summed E-state index contributed by atoms with van der Waals surface area (Å²) in [6, 6.07) is 6.56. The van der Waals surface area contributed by atoms with Crippen LogP contribution in [0, 0.1) is 11.6 Å². The molecule has 0 unspecified atom stereocenters. The molecule has 0 atom stereocenters. The molecular weight excluding hydrogens is 398 g/mol. The second-order valence-corrected chi connectivity index (χ2v) is 8.50. The van der Waals surface area contributed by atoms with Crippen LogP contribution in [-0.2, 0) is 10.0 Å². The summed E-state index contributed by atoms with van der Waals surface area (Å²) in [5.41, 5.74) is -0.213. The number of anilines is 1. The highest BCUT2D eigenvalue weighted by Crippen LogP contribution is 2.28. The van der Waals surface area contributed by atoms with Gasteiger partial charge in [-0.25, -0.2) is 17.2 Å². The third-order valence-electron chi connectivity index (χ3n) is 4.31. The highest BCUT2D eigenvalue weighted by Gasteiger charge is 2.28. The Bertz CT molecular complexity index is 977. The number of sulfonamides is 1. The fourth-order valence-electron chi connectivity index (χ4n) is 2.87. The van der Waals surface area contributed by atoms with Crippen molar-refractivity contribution >= 4 is 33.2 Å². The van der Waals surface area contributed by atoms with Crippen molar-refractivity contribution in [3.05, 3.63) is 58.6 Å². The molecule has 0 bridgehead atoms. The second kappa shape index (κ2) is 7.92. The van der Waals surface area contributed by atoms with Crippen LogP contribution < -0.4 is 5.32 Å². The fraction of sp³-hybridized carbons (Fsp3) is 0.278. The topological polar surface area (TPSA) is 66.5 Å². The van der Waals surface area contributed by atoms with Crippen molar-refractivity contribution < 1.29 is 22.0 Å². The lowest BCUT2D eigenvalue weighted by atomic mass is 10.2.